The molecule has 2 atom stereocenters. The van der Waals surface area contributed by atoms with E-state index in [0.29, 0.717) is 6.10 Å². The molecule has 0 bridgehead atoms. The predicted octanol–water partition coefficient (Wildman–Crippen LogP) is 3.78. The standard InChI is InChI=1S/C14H20O/c1-12-6-5-9-14(10-12)15-11-13-7-3-2-4-8-13/h2-4,7-8,12,14H,5-6,9-11H2,1H3/t12-,14+/m1/s1. The first-order valence-electron chi connectivity index (χ1n) is 6.00. The van der Waals surface area contributed by atoms with E-state index in [0.717, 1.165) is 12.5 Å². The molecule has 0 heterocycles. The second kappa shape index (κ2) is 5.32. The van der Waals surface area contributed by atoms with Gasteiger partial charge < -0.3 is 4.74 Å². The monoisotopic (exact) mass is 204 g/mol. The Kier molecular flexibility index (Phi) is 3.79. The molecule has 0 spiro atoms. The van der Waals surface area contributed by atoms with Crippen molar-refractivity contribution in [2.45, 2.75) is 45.3 Å². The third kappa shape index (κ3) is 3.35. The Labute approximate surface area is 92.5 Å². The van der Waals surface area contributed by atoms with Crippen LogP contribution in [0.2, 0.25) is 0 Å². The number of ether oxygens (including phenoxy) is 1. The maximum absolute atomic E-state index is 5.94. The number of benzene rings is 1. The fourth-order valence-electron chi connectivity index (χ4n) is 2.32. The first-order valence-corrected chi connectivity index (χ1v) is 6.00. The molecular formula is C14H20O. The van der Waals surface area contributed by atoms with Gasteiger partial charge >= 0.3 is 0 Å². The smallest absolute Gasteiger partial charge is 0.0720 e. The number of rotatable bonds is 3. The van der Waals surface area contributed by atoms with E-state index in [1.54, 1.807) is 0 Å². The zero-order valence-corrected chi connectivity index (χ0v) is 9.49. The van der Waals surface area contributed by atoms with Crippen molar-refractivity contribution in [1.82, 2.24) is 0 Å². The average molecular weight is 204 g/mol. The van der Waals surface area contributed by atoms with Gasteiger partial charge in [0.15, 0.2) is 0 Å². The molecule has 1 nitrogen and oxygen atoms in total. The molecule has 0 radical (unpaired) electrons. The third-order valence-electron chi connectivity index (χ3n) is 3.22. The summed E-state index contributed by atoms with van der Waals surface area (Å²) in [6.07, 6.45) is 5.70. The highest BCUT2D eigenvalue weighted by Crippen LogP contribution is 2.26. The van der Waals surface area contributed by atoms with Crippen LogP contribution in [0.5, 0.6) is 0 Å². The molecule has 0 aliphatic heterocycles. The molecule has 82 valence electrons. The maximum atomic E-state index is 5.94. The van der Waals surface area contributed by atoms with Gasteiger partial charge in [0.1, 0.15) is 0 Å². The lowest BCUT2D eigenvalue weighted by Gasteiger charge is -2.26. The van der Waals surface area contributed by atoms with Crippen LogP contribution in [0.15, 0.2) is 30.3 Å². The Balaban J connectivity index is 1.78. The zero-order valence-electron chi connectivity index (χ0n) is 9.49. The quantitative estimate of drug-likeness (QED) is 0.728. The van der Waals surface area contributed by atoms with Crippen molar-refractivity contribution in [3.05, 3.63) is 35.9 Å². The summed E-state index contributed by atoms with van der Waals surface area (Å²) in [6, 6.07) is 10.5. The SMILES string of the molecule is C[C@@H]1CCC[C@H](OCc2ccccc2)C1. The van der Waals surface area contributed by atoms with E-state index in [9.17, 15) is 0 Å². The maximum Gasteiger partial charge on any atom is 0.0720 e. The molecule has 0 unspecified atom stereocenters. The van der Waals surface area contributed by atoms with E-state index in [1.807, 2.05) is 6.07 Å². The van der Waals surface area contributed by atoms with Crippen molar-refractivity contribution >= 4 is 0 Å². The van der Waals surface area contributed by atoms with Gasteiger partial charge in [-0.25, -0.2) is 0 Å². The van der Waals surface area contributed by atoms with Crippen LogP contribution in [0.3, 0.4) is 0 Å². The van der Waals surface area contributed by atoms with E-state index in [2.05, 4.69) is 31.2 Å². The minimum absolute atomic E-state index is 0.494. The van der Waals surface area contributed by atoms with Gasteiger partial charge in [-0.15, -0.1) is 0 Å². The van der Waals surface area contributed by atoms with Gasteiger partial charge in [0.05, 0.1) is 12.7 Å². The van der Waals surface area contributed by atoms with E-state index in [4.69, 9.17) is 4.74 Å². The zero-order chi connectivity index (χ0) is 10.5. The van der Waals surface area contributed by atoms with E-state index in [-0.39, 0.29) is 0 Å². The Bertz CT molecular complexity index is 281. The third-order valence-corrected chi connectivity index (χ3v) is 3.22. The lowest BCUT2D eigenvalue weighted by atomic mass is 9.89. The summed E-state index contributed by atoms with van der Waals surface area (Å²) >= 11 is 0. The second-order valence-corrected chi connectivity index (χ2v) is 4.69. The fourth-order valence-corrected chi connectivity index (χ4v) is 2.32. The van der Waals surface area contributed by atoms with Crippen molar-refractivity contribution in [3.63, 3.8) is 0 Å². The Morgan fingerprint density at radius 2 is 2.00 bits per heavy atom. The van der Waals surface area contributed by atoms with E-state index < -0.39 is 0 Å². The molecule has 1 aromatic carbocycles. The molecular weight excluding hydrogens is 184 g/mol. The minimum Gasteiger partial charge on any atom is -0.374 e. The van der Waals surface area contributed by atoms with Crippen LogP contribution in [0.4, 0.5) is 0 Å². The van der Waals surface area contributed by atoms with Gasteiger partial charge in [0, 0.05) is 0 Å². The molecule has 1 aliphatic carbocycles. The van der Waals surface area contributed by atoms with Gasteiger partial charge in [-0.05, 0) is 24.3 Å². The van der Waals surface area contributed by atoms with Crippen LogP contribution in [0, 0.1) is 5.92 Å². The average Bonchev–Trinajstić information content (AvgIpc) is 2.28. The van der Waals surface area contributed by atoms with Gasteiger partial charge in [-0.2, -0.15) is 0 Å². The van der Waals surface area contributed by atoms with Crippen LogP contribution in [-0.4, -0.2) is 6.10 Å². The summed E-state index contributed by atoms with van der Waals surface area (Å²) in [4.78, 5) is 0. The van der Waals surface area contributed by atoms with E-state index in [1.165, 1.54) is 31.2 Å². The largest absolute Gasteiger partial charge is 0.374 e. The lowest BCUT2D eigenvalue weighted by molar-refractivity contribution is 0.00467. The second-order valence-electron chi connectivity index (χ2n) is 4.69. The first kappa shape index (κ1) is 10.7. The van der Waals surface area contributed by atoms with Gasteiger partial charge in [0.2, 0.25) is 0 Å². The molecule has 0 amide bonds. The summed E-state index contributed by atoms with van der Waals surface area (Å²) in [7, 11) is 0. The van der Waals surface area contributed by atoms with Crippen molar-refractivity contribution in [1.29, 1.82) is 0 Å². The van der Waals surface area contributed by atoms with Crippen molar-refractivity contribution in [2.24, 2.45) is 5.92 Å². The lowest BCUT2D eigenvalue weighted by Crippen LogP contribution is -2.21. The summed E-state index contributed by atoms with van der Waals surface area (Å²) < 4.78 is 5.94. The first-order chi connectivity index (χ1) is 7.34. The molecule has 1 fully saturated rings. The van der Waals surface area contributed by atoms with Crippen molar-refractivity contribution in [2.75, 3.05) is 0 Å². The summed E-state index contributed by atoms with van der Waals surface area (Å²) in [6.45, 7) is 3.11. The molecule has 1 aromatic rings. The van der Waals surface area contributed by atoms with Crippen LogP contribution in [-0.2, 0) is 11.3 Å². The van der Waals surface area contributed by atoms with Gasteiger partial charge in [-0.3, -0.25) is 0 Å². The molecule has 1 heteroatoms. The molecule has 0 N–H and O–H groups in total. The Morgan fingerprint density at radius 1 is 1.20 bits per heavy atom. The molecule has 1 saturated carbocycles. The predicted molar refractivity (Wildman–Crippen MR) is 62.7 cm³/mol. The summed E-state index contributed by atoms with van der Waals surface area (Å²) in [5.41, 5.74) is 1.29. The molecule has 2 rings (SSSR count). The Morgan fingerprint density at radius 3 is 2.73 bits per heavy atom. The highest BCUT2D eigenvalue weighted by Gasteiger charge is 2.18. The van der Waals surface area contributed by atoms with Crippen LogP contribution < -0.4 is 0 Å². The van der Waals surface area contributed by atoms with E-state index >= 15 is 0 Å². The number of hydrogen-bond acceptors (Lipinski definition) is 1. The minimum atomic E-state index is 0.494. The summed E-state index contributed by atoms with van der Waals surface area (Å²) in [5.74, 6) is 0.847. The molecule has 0 aromatic heterocycles. The fraction of sp³-hybridized carbons (Fsp3) is 0.571. The van der Waals surface area contributed by atoms with Gasteiger partial charge in [0.25, 0.3) is 0 Å². The number of hydrogen-bond donors (Lipinski definition) is 0. The molecule has 0 saturated heterocycles. The molecule has 1 aliphatic rings. The topological polar surface area (TPSA) is 9.23 Å². The van der Waals surface area contributed by atoms with Gasteiger partial charge in [-0.1, -0.05) is 50.1 Å². The van der Waals surface area contributed by atoms with Crippen molar-refractivity contribution in [3.8, 4) is 0 Å². The highest BCUT2D eigenvalue weighted by atomic mass is 16.5. The molecule has 15 heavy (non-hydrogen) atoms. The normalized spacial score (nSPS) is 26.5. The Hall–Kier alpha value is -0.820. The van der Waals surface area contributed by atoms with Crippen LogP contribution in [0.1, 0.15) is 38.2 Å². The van der Waals surface area contributed by atoms with Crippen LogP contribution >= 0.6 is 0 Å². The summed E-state index contributed by atoms with van der Waals surface area (Å²) in [5, 5.41) is 0. The van der Waals surface area contributed by atoms with Crippen LogP contribution in [0.25, 0.3) is 0 Å². The van der Waals surface area contributed by atoms with Crippen molar-refractivity contribution < 1.29 is 4.74 Å². The highest BCUT2D eigenvalue weighted by molar-refractivity contribution is 5.13.